The summed E-state index contributed by atoms with van der Waals surface area (Å²) in [4.78, 5) is 17.6. The topological polar surface area (TPSA) is 73.9 Å². The van der Waals surface area contributed by atoms with E-state index in [-0.39, 0.29) is 34.8 Å². The van der Waals surface area contributed by atoms with Crippen molar-refractivity contribution in [3.8, 4) is 6.07 Å². The highest BCUT2D eigenvalue weighted by Gasteiger charge is 2.58. The molecule has 7 nitrogen and oxygen atoms in total. The normalized spacial score (nSPS) is 23.8. The lowest BCUT2D eigenvalue weighted by atomic mass is 9.89. The molecule has 6 rings (SSSR count). The fourth-order valence-corrected chi connectivity index (χ4v) is 5.75. The van der Waals surface area contributed by atoms with Crippen LogP contribution in [0.5, 0.6) is 0 Å². The van der Waals surface area contributed by atoms with E-state index < -0.39 is 12.0 Å². The number of rotatable bonds is 3. The fraction of sp³-hybridized carbons (Fsp3) is 0.400. The molecule has 1 amide bonds. The first-order valence-electron chi connectivity index (χ1n) is 11.5. The number of hydrogen-bond acceptors (Lipinski definition) is 5. The molecule has 0 radical (unpaired) electrons. The van der Waals surface area contributed by atoms with E-state index in [1.54, 1.807) is 12.1 Å². The highest BCUT2D eigenvalue weighted by atomic mass is 19.3. The number of alkyl halides is 2. The molecule has 3 fully saturated rings. The lowest BCUT2D eigenvalue weighted by Crippen LogP contribution is -2.50. The number of hydrogen-bond donors (Lipinski definition) is 0. The lowest BCUT2D eigenvalue weighted by molar-refractivity contribution is -0.140. The summed E-state index contributed by atoms with van der Waals surface area (Å²) in [7, 11) is 0. The predicted octanol–water partition coefficient (Wildman–Crippen LogP) is 4.20. The Morgan fingerprint density at radius 2 is 1.88 bits per heavy atom. The maximum atomic E-state index is 13.6. The average Bonchev–Trinajstić information content (AvgIpc) is 3.55. The van der Waals surface area contributed by atoms with Crippen molar-refractivity contribution in [1.29, 1.82) is 5.26 Å². The van der Waals surface area contributed by atoms with Gasteiger partial charge in [0.15, 0.2) is 5.60 Å². The van der Waals surface area contributed by atoms with Gasteiger partial charge in [-0.05, 0) is 30.5 Å². The molecule has 0 saturated carbocycles. The van der Waals surface area contributed by atoms with Crippen LogP contribution in [-0.2, 0) is 9.53 Å². The van der Waals surface area contributed by atoms with E-state index in [0.717, 1.165) is 24.6 Å². The van der Waals surface area contributed by atoms with Gasteiger partial charge in [-0.15, -0.1) is 0 Å². The number of piperidine rings is 1. The zero-order valence-corrected chi connectivity index (χ0v) is 18.4. The molecule has 0 N–H and O–H groups in total. The van der Waals surface area contributed by atoms with Gasteiger partial charge in [-0.25, -0.2) is 13.3 Å². The summed E-state index contributed by atoms with van der Waals surface area (Å²) in [5.74, 6) is 0.677. The summed E-state index contributed by atoms with van der Waals surface area (Å²) in [6.07, 6.45) is 0.909. The van der Waals surface area contributed by atoms with Crippen molar-refractivity contribution < 1.29 is 18.3 Å². The smallest absolute Gasteiger partial charge is 0.267 e. The number of anilines is 1. The van der Waals surface area contributed by atoms with Crippen molar-refractivity contribution in [2.75, 3.05) is 18.0 Å². The van der Waals surface area contributed by atoms with Crippen LogP contribution in [0.25, 0.3) is 5.52 Å². The van der Waals surface area contributed by atoms with Crippen LogP contribution < -0.4 is 4.90 Å². The Bertz CT molecular complexity index is 1290. The molecule has 3 aliphatic rings. The maximum Gasteiger partial charge on any atom is 0.267 e. The number of carbonyl (C=O) groups excluding carboxylic acids is 1. The SMILES string of the molecule is N#Cc1ccc(N2CCC3(CC2)O[C@@H]2CC[C@@H](c4ccccc4)N2C3=O)n2ncc(C(F)F)c12. The Balaban J connectivity index is 1.25. The van der Waals surface area contributed by atoms with E-state index in [4.69, 9.17) is 4.74 Å². The molecule has 9 heteroatoms. The highest BCUT2D eigenvalue weighted by Crippen LogP contribution is 2.48. The number of benzene rings is 1. The Morgan fingerprint density at radius 3 is 2.59 bits per heavy atom. The van der Waals surface area contributed by atoms with Gasteiger partial charge in [0.1, 0.15) is 18.1 Å². The number of amides is 1. The van der Waals surface area contributed by atoms with Crippen LogP contribution in [0.1, 0.15) is 54.8 Å². The van der Waals surface area contributed by atoms with Crippen LogP contribution in [0.2, 0.25) is 0 Å². The number of aromatic nitrogens is 2. The minimum absolute atomic E-state index is 0.0334. The molecule has 2 atom stereocenters. The molecule has 0 unspecified atom stereocenters. The molecule has 3 saturated heterocycles. The van der Waals surface area contributed by atoms with E-state index in [9.17, 15) is 18.8 Å². The van der Waals surface area contributed by atoms with Gasteiger partial charge in [0, 0.05) is 25.9 Å². The second kappa shape index (κ2) is 7.77. The molecule has 1 spiro atoms. The number of halogens is 2. The number of carbonyl (C=O) groups is 1. The minimum Gasteiger partial charge on any atom is -0.356 e. The summed E-state index contributed by atoms with van der Waals surface area (Å²) in [5.41, 5.74) is 0.318. The number of ether oxygens (including phenoxy) is 1. The molecule has 34 heavy (non-hydrogen) atoms. The van der Waals surface area contributed by atoms with E-state index in [1.807, 2.05) is 34.1 Å². The van der Waals surface area contributed by atoms with E-state index in [1.165, 1.54) is 4.52 Å². The van der Waals surface area contributed by atoms with Crippen LogP contribution in [0.15, 0.2) is 48.7 Å². The summed E-state index contributed by atoms with van der Waals surface area (Å²) in [5, 5.41) is 13.6. The number of pyridine rings is 1. The van der Waals surface area contributed by atoms with E-state index in [0.29, 0.717) is 31.7 Å². The van der Waals surface area contributed by atoms with Gasteiger partial charge >= 0.3 is 0 Å². The summed E-state index contributed by atoms with van der Waals surface area (Å²) in [6, 6.07) is 15.4. The molecule has 0 bridgehead atoms. The molecule has 1 aromatic carbocycles. The Hall–Kier alpha value is -3.51. The van der Waals surface area contributed by atoms with Crippen molar-refractivity contribution in [3.05, 3.63) is 65.4 Å². The van der Waals surface area contributed by atoms with Gasteiger partial charge in [0.2, 0.25) is 0 Å². The Morgan fingerprint density at radius 1 is 1.12 bits per heavy atom. The van der Waals surface area contributed by atoms with Crippen LogP contribution in [0, 0.1) is 11.3 Å². The number of nitrogens with zero attached hydrogens (tertiary/aromatic N) is 5. The minimum atomic E-state index is -2.72. The van der Waals surface area contributed by atoms with Gasteiger partial charge in [-0.1, -0.05) is 30.3 Å². The highest BCUT2D eigenvalue weighted by molar-refractivity contribution is 5.88. The van der Waals surface area contributed by atoms with Crippen molar-refractivity contribution in [2.45, 2.75) is 50.0 Å². The van der Waals surface area contributed by atoms with Crippen molar-refractivity contribution in [1.82, 2.24) is 14.5 Å². The first-order chi connectivity index (χ1) is 16.5. The van der Waals surface area contributed by atoms with Gasteiger partial charge in [-0.2, -0.15) is 10.4 Å². The number of nitriles is 1. The van der Waals surface area contributed by atoms with Gasteiger partial charge in [0.25, 0.3) is 12.3 Å². The third-order valence-corrected chi connectivity index (χ3v) is 7.42. The molecule has 3 aromatic rings. The standard InChI is InChI=1S/C25H23F2N5O2/c26-23(27)18-15-29-32-20(8-6-17(14-28)22(18)32)30-12-10-25(11-13-30)24(33)31-19(7-9-21(31)34-25)16-4-2-1-3-5-16/h1-6,8,15,19,21,23H,7,9-13H2/t19-,21+/m0/s1. The summed E-state index contributed by atoms with van der Waals surface area (Å²) < 4.78 is 34.8. The Kier molecular flexibility index (Phi) is 4.81. The molecule has 5 heterocycles. The number of fused-ring (bicyclic) bond motifs is 2. The first-order valence-corrected chi connectivity index (χ1v) is 11.5. The zero-order chi connectivity index (χ0) is 23.4. The van der Waals surface area contributed by atoms with Crippen LogP contribution in [0.3, 0.4) is 0 Å². The zero-order valence-electron chi connectivity index (χ0n) is 18.4. The van der Waals surface area contributed by atoms with Crippen molar-refractivity contribution in [2.24, 2.45) is 0 Å². The lowest BCUT2D eigenvalue weighted by Gasteiger charge is -2.38. The summed E-state index contributed by atoms with van der Waals surface area (Å²) >= 11 is 0. The Labute approximate surface area is 195 Å². The molecular formula is C25H23F2N5O2. The maximum absolute atomic E-state index is 13.6. The second-order valence-electron chi connectivity index (χ2n) is 9.15. The largest absolute Gasteiger partial charge is 0.356 e. The molecule has 0 aliphatic carbocycles. The van der Waals surface area contributed by atoms with E-state index >= 15 is 0 Å². The monoisotopic (exact) mass is 463 g/mol. The van der Waals surface area contributed by atoms with E-state index in [2.05, 4.69) is 17.2 Å². The van der Waals surface area contributed by atoms with Crippen LogP contribution in [-0.4, -0.2) is 45.3 Å². The third kappa shape index (κ3) is 3.02. The molecule has 3 aliphatic heterocycles. The quantitative estimate of drug-likeness (QED) is 0.582. The third-order valence-electron chi connectivity index (χ3n) is 7.42. The predicted molar refractivity (Wildman–Crippen MR) is 119 cm³/mol. The summed E-state index contributed by atoms with van der Waals surface area (Å²) in [6.45, 7) is 1.04. The van der Waals surface area contributed by atoms with Crippen molar-refractivity contribution in [3.63, 3.8) is 0 Å². The van der Waals surface area contributed by atoms with Crippen LogP contribution in [0.4, 0.5) is 14.6 Å². The van der Waals surface area contributed by atoms with Gasteiger partial charge in [-0.3, -0.25) is 4.79 Å². The van der Waals surface area contributed by atoms with Gasteiger partial charge < -0.3 is 14.5 Å². The molecule has 2 aromatic heterocycles. The molecule has 174 valence electrons. The molecular weight excluding hydrogens is 440 g/mol. The van der Waals surface area contributed by atoms with Crippen LogP contribution >= 0.6 is 0 Å². The van der Waals surface area contributed by atoms with Gasteiger partial charge in [0.05, 0.1) is 28.9 Å². The first kappa shape index (κ1) is 21.1. The van der Waals surface area contributed by atoms with Crippen molar-refractivity contribution >= 4 is 17.2 Å². The second-order valence-corrected chi connectivity index (χ2v) is 9.15. The average molecular weight is 463 g/mol. The fourth-order valence-electron chi connectivity index (χ4n) is 5.75.